The first-order valence-corrected chi connectivity index (χ1v) is 10.5. The summed E-state index contributed by atoms with van der Waals surface area (Å²) in [4.78, 5) is 52.7. The third-order valence-corrected chi connectivity index (χ3v) is 5.82. The van der Waals surface area contributed by atoms with Crippen LogP contribution in [0.15, 0.2) is 48.5 Å². The lowest BCUT2D eigenvalue weighted by Crippen LogP contribution is -2.43. The summed E-state index contributed by atoms with van der Waals surface area (Å²) in [5, 5.41) is 0.551. The number of fused-ring (bicyclic) bond motifs is 1. The normalized spacial score (nSPS) is 18.2. The Hall–Kier alpha value is -3.19. The molecule has 1 saturated heterocycles. The average molecular weight is 441 g/mol. The van der Waals surface area contributed by atoms with Gasteiger partial charge in [0, 0.05) is 23.7 Å². The van der Waals surface area contributed by atoms with Gasteiger partial charge in [0.2, 0.25) is 0 Å². The molecule has 0 aromatic heterocycles. The number of benzene rings is 2. The zero-order valence-corrected chi connectivity index (χ0v) is 17.5. The molecule has 1 atom stereocenters. The quantitative estimate of drug-likeness (QED) is 0.527. The van der Waals surface area contributed by atoms with Crippen molar-refractivity contribution in [2.24, 2.45) is 5.92 Å². The number of ether oxygens (including phenoxy) is 1. The fourth-order valence-corrected chi connectivity index (χ4v) is 4.05. The lowest BCUT2D eigenvalue weighted by Gasteiger charge is -2.31. The molecular weight excluding hydrogens is 420 g/mol. The van der Waals surface area contributed by atoms with E-state index in [1.165, 1.54) is 0 Å². The number of piperidine rings is 1. The molecule has 0 spiro atoms. The molecule has 4 rings (SSSR count). The summed E-state index contributed by atoms with van der Waals surface area (Å²) in [5.41, 5.74) is 1.24. The topological polar surface area (TPSA) is 84.0 Å². The van der Waals surface area contributed by atoms with Crippen LogP contribution in [0, 0.1) is 5.92 Å². The molecule has 2 aliphatic heterocycles. The Labute approximate surface area is 184 Å². The van der Waals surface area contributed by atoms with E-state index in [-0.39, 0.29) is 37.4 Å². The van der Waals surface area contributed by atoms with Gasteiger partial charge in [-0.2, -0.15) is 0 Å². The van der Waals surface area contributed by atoms with Crippen molar-refractivity contribution in [3.63, 3.8) is 0 Å². The largest absolute Gasteiger partial charge is 0.464 e. The van der Waals surface area contributed by atoms with Gasteiger partial charge in [-0.25, -0.2) is 0 Å². The molecule has 1 fully saturated rings. The highest BCUT2D eigenvalue weighted by Crippen LogP contribution is 2.23. The number of imide groups is 1. The van der Waals surface area contributed by atoms with Crippen molar-refractivity contribution >= 4 is 35.3 Å². The van der Waals surface area contributed by atoms with Gasteiger partial charge in [-0.15, -0.1) is 0 Å². The van der Waals surface area contributed by atoms with Crippen LogP contribution in [0.3, 0.4) is 0 Å². The van der Waals surface area contributed by atoms with E-state index in [0.29, 0.717) is 41.1 Å². The first kappa shape index (κ1) is 21.1. The maximum Gasteiger partial charge on any atom is 0.310 e. The lowest BCUT2D eigenvalue weighted by atomic mass is 9.97. The van der Waals surface area contributed by atoms with Crippen molar-refractivity contribution in [2.75, 3.05) is 26.2 Å². The molecule has 2 aliphatic rings. The number of carbonyl (C=O) groups is 4. The van der Waals surface area contributed by atoms with E-state index in [9.17, 15) is 19.2 Å². The van der Waals surface area contributed by atoms with Crippen LogP contribution >= 0.6 is 11.6 Å². The molecule has 0 N–H and O–H groups in total. The molecule has 7 nitrogen and oxygen atoms in total. The van der Waals surface area contributed by atoms with Gasteiger partial charge in [0.25, 0.3) is 17.7 Å². The highest BCUT2D eigenvalue weighted by atomic mass is 35.5. The predicted molar refractivity (Wildman–Crippen MR) is 113 cm³/mol. The van der Waals surface area contributed by atoms with Gasteiger partial charge in [-0.05, 0) is 49.2 Å². The van der Waals surface area contributed by atoms with Crippen molar-refractivity contribution in [3.05, 3.63) is 70.2 Å². The van der Waals surface area contributed by atoms with Gasteiger partial charge in [0.1, 0.15) is 6.61 Å². The first-order chi connectivity index (χ1) is 15.0. The second kappa shape index (κ2) is 8.89. The standard InChI is InChI=1S/C23H21ClN2O5/c24-17-9-7-15(8-10-17)20(27)25-11-3-4-16(14-25)23(30)31-13-12-26-21(28)18-5-1-2-6-19(18)22(26)29/h1-2,5-10,16H,3-4,11-14H2. The van der Waals surface area contributed by atoms with E-state index in [1.54, 1.807) is 53.4 Å². The minimum Gasteiger partial charge on any atom is -0.464 e. The molecule has 31 heavy (non-hydrogen) atoms. The summed E-state index contributed by atoms with van der Waals surface area (Å²) in [6, 6.07) is 13.3. The van der Waals surface area contributed by atoms with Gasteiger partial charge in [-0.3, -0.25) is 24.1 Å². The average Bonchev–Trinajstić information content (AvgIpc) is 3.04. The molecule has 2 aromatic rings. The number of likely N-dealkylation sites (tertiary alicyclic amines) is 1. The highest BCUT2D eigenvalue weighted by molar-refractivity contribution is 6.30. The second-order valence-corrected chi connectivity index (χ2v) is 8.01. The molecule has 2 heterocycles. The van der Waals surface area contributed by atoms with Crippen molar-refractivity contribution in [1.29, 1.82) is 0 Å². The number of nitrogens with zero attached hydrogens (tertiary/aromatic N) is 2. The van der Waals surface area contributed by atoms with Crippen LogP contribution in [0.25, 0.3) is 0 Å². The van der Waals surface area contributed by atoms with E-state index >= 15 is 0 Å². The SMILES string of the molecule is O=C(OCCN1C(=O)c2ccccc2C1=O)C1CCCN(C(=O)c2ccc(Cl)cc2)C1. The molecule has 1 unspecified atom stereocenters. The Balaban J connectivity index is 1.30. The number of esters is 1. The summed E-state index contributed by atoms with van der Waals surface area (Å²) in [6.07, 6.45) is 1.31. The zero-order chi connectivity index (χ0) is 22.0. The second-order valence-electron chi connectivity index (χ2n) is 7.57. The Morgan fingerprint density at radius 1 is 1.00 bits per heavy atom. The molecule has 160 valence electrons. The molecule has 8 heteroatoms. The smallest absolute Gasteiger partial charge is 0.310 e. The monoisotopic (exact) mass is 440 g/mol. The molecule has 0 aliphatic carbocycles. The van der Waals surface area contributed by atoms with Crippen LogP contribution in [0.5, 0.6) is 0 Å². The molecule has 0 saturated carbocycles. The van der Waals surface area contributed by atoms with Crippen molar-refractivity contribution in [3.8, 4) is 0 Å². The fraction of sp³-hybridized carbons (Fsp3) is 0.304. The van der Waals surface area contributed by atoms with Crippen molar-refractivity contribution in [1.82, 2.24) is 9.80 Å². The molecule has 0 radical (unpaired) electrons. The Kier molecular flexibility index (Phi) is 6.04. The first-order valence-electron chi connectivity index (χ1n) is 10.1. The van der Waals surface area contributed by atoms with E-state index in [4.69, 9.17) is 16.3 Å². The van der Waals surface area contributed by atoms with Gasteiger partial charge < -0.3 is 9.64 Å². The van der Waals surface area contributed by atoms with Gasteiger partial charge in [-0.1, -0.05) is 23.7 Å². The molecule has 3 amide bonds. The molecular formula is C23H21ClN2O5. The number of hydrogen-bond donors (Lipinski definition) is 0. The van der Waals surface area contributed by atoms with Crippen LogP contribution in [-0.2, 0) is 9.53 Å². The van der Waals surface area contributed by atoms with Gasteiger partial charge in [0.05, 0.1) is 23.6 Å². The summed E-state index contributed by atoms with van der Waals surface area (Å²) >= 11 is 5.88. The van der Waals surface area contributed by atoms with Crippen LogP contribution in [0.4, 0.5) is 0 Å². The summed E-state index contributed by atoms with van der Waals surface area (Å²) in [7, 11) is 0. The van der Waals surface area contributed by atoms with Crippen LogP contribution in [-0.4, -0.2) is 59.7 Å². The fourth-order valence-electron chi connectivity index (χ4n) is 3.93. The van der Waals surface area contributed by atoms with Crippen molar-refractivity contribution in [2.45, 2.75) is 12.8 Å². The zero-order valence-electron chi connectivity index (χ0n) is 16.8. The van der Waals surface area contributed by atoms with E-state index in [2.05, 4.69) is 0 Å². The summed E-state index contributed by atoms with van der Waals surface area (Å²) < 4.78 is 5.35. The minimum absolute atomic E-state index is 0.00176. The summed E-state index contributed by atoms with van der Waals surface area (Å²) in [6.45, 7) is 0.762. The Morgan fingerprint density at radius 3 is 2.29 bits per heavy atom. The third-order valence-electron chi connectivity index (χ3n) is 5.57. The number of halogens is 1. The van der Waals surface area contributed by atoms with Gasteiger partial charge in [0.15, 0.2) is 0 Å². The number of hydrogen-bond acceptors (Lipinski definition) is 5. The number of amides is 3. The van der Waals surface area contributed by atoms with Crippen LogP contribution in [0.1, 0.15) is 43.9 Å². The number of carbonyl (C=O) groups excluding carboxylic acids is 4. The third kappa shape index (κ3) is 4.32. The van der Waals surface area contributed by atoms with Crippen LogP contribution < -0.4 is 0 Å². The summed E-state index contributed by atoms with van der Waals surface area (Å²) in [5.74, 6) is -1.78. The Bertz CT molecular complexity index is 1000. The maximum atomic E-state index is 12.7. The van der Waals surface area contributed by atoms with Gasteiger partial charge >= 0.3 is 5.97 Å². The lowest BCUT2D eigenvalue weighted by molar-refractivity contribution is -0.150. The van der Waals surface area contributed by atoms with Crippen molar-refractivity contribution < 1.29 is 23.9 Å². The Morgan fingerprint density at radius 2 is 1.65 bits per heavy atom. The highest BCUT2D eigenvalue weighted by Gasteiger charge is 2.35. The molecule has 0 bridgehead atoms. The van der Waals surface area contributed by atoms with E-state index < -0.39 is 11.9 Å². The maximum absolute atomic E-state index is 12.7. The predicted octanol–water partition coefficient (Wildman–Crippen LogP) is 3.03. The number of rotatable bonds is 5. The van der Waals surface area contributed by atoms with Crippen LogP contribution in [0.2, 0.25) is 5.02 Å². The van der Waals surface area contributed by atoms with E-state index in [1.807, 2.05) is 0 Å². The minimum atomic E-state index is -0.438. The van der Waals surface area contributed by atoms with E-state index in [0.717, 1.165) is 4.90 Å². The molecule has 2 aromatic carbocycles.